The topological polar surface area (TPSA) is 86.8 Å². The molecule has 9 heteroatoms. The van der Waals surface area contributed by atoms with Gasteiger partial charge in [0.25, 0.3) is 0 Å². The molecule has 0 heterocycles. The van der Waals surface area contributed by atoms with Crippen LogP contribution in [0, 0.1) is 6.92 Å². The van der Waals surface area contributed by atoms with E-state index in [4.69, 9.17) is 0 Å². The summed E-state index contributed by atoms with van der Waals surface area (Å²) in [5.74, 6) is -0.748. The predicted molar refractivity (Wildman–Crippen MR) is 135 cm³/mol. The van der Waals surface area contributed by atoms with E-state index in [9.17, 15) is 18.0 Å². The molecule has 0 saturated carbocycles. The molecule has 2 amide bonds. The van der Waals surface area contributed by atoms with Gasteiger partial charge in [0.1, 0.15) is 12.6 Å². The summed E-state index contributed by atoms with van der Waals surface area (Å²) in [6.45, 7) is 7.24. The molecule has 0 unspecified atom stereocenters. The zero-order valence-electron chi connectivity index (χ0n) is 19.7. The van der Waals surface area contributed by atoms with Gasteiger partial charge in [0.05, 0.1) is 11.9 Å². The fraction of sp³-hybridized carbons (Fsp3) is 0.417. The summed E-state index contributed by atoms with van der Waals surface area (Å²) in [6, 6.07) is 13.7. The number of nitrogens with zero attached hydrogens (tertiary/aromatic N) is 2. The predicted octanol–water partition coefficient (Wildman–Crippen LogP) is 3.86. The Bertz CT molecular complexity index is 1090. The second kappa shape index (κ2) is 11.7. The minimum atomic E-state index is -3.76. The summed E-state index contributed by atoms with van der Waals surface area (Å²) in [6.07, 6.45) is 1.82. The lowest BCUT2D eigenvalue weighted by atomic mass is 10.1. The van der Waals surface area contributed by atoms with Gasteiger partial charge in [-0.25, -0.2) is 8.42 Å². The number of halogens is 1. The van der Waals surface area contributed by atoms with Crippen LogP contribution in [0.15, 0.2) is 53.0 Å². The lowest BCUT2D eigenvalue weighted by molar-refractivity contribution is -0.139. The number of sulfonamides is 1. The average Bonchev–Trinajstić information content (AvgIpc) is 2.75. The van der Waals surface area contributed by atoms with Gasteiger partial charge in [-0.3, -0.25) is 13.9 Å². The molecule has 0 aliphatic rings. The molecular formula is C24H32BrN3O4S. The Kier molecular flexibility index (Phi) is 9.48. The summed E-state index contributed by atoms with van der Waals surface area (Å²) < 4.78 is 26.8. The molecule has 1 N–H and O–H groups in total. The molecular weight excluding hydrogens is 506 g/mol. The molecule has 7 nitrogen and oxygen atoms in total. The van der Waals surface area contributed by atoms with Crippen molar-refractivity contribution in [1.82, 2.24) is 10.2 Å². The molecule has 2 aromatic rings. The van der Waals surface area contributed by atoms with E-state index >= 15 is 0 Å². The second-order valence-electron chi connectivity index (χ2n) is 8.23. The molecule has 0 aliphatic carbocycles. The first-order valence-corrected chi connectivity index (χ1v) is 13.5. The lowest BCUT2D eigenvalue weighted by Gasteiger charge is -2.32. The molecule has 2 atom stereocenters. The van der Waals surface area contributed by atoms with Crippen molar-refractivity contribution in [3.63, 3.8) is 0 Å². The van der Waals surface area contributed by atoms with Crippen molar-refractivity contribution >= 4 is 43.5 Å². The van der Waals surface area contributed by atoms with Crippen LogP contribution in [0.3, 0.4) is 0 Å². The number of benzene rings is 2. The lowest BCUT2D eigenvalue weighted by Crippen LogP contribution is -2.52. The summed E-state index contributed by atoms with van der Waals surface area (Å²) >= 11 is 3.37. The van der Waals surface area contributed by atoms with Crippen LogP contribution in [-0.4, -0.2) is 50.0 Å². The highest BCUT2D eigenvalue weighted by atomic mass is 79.9. The highest BCUT2D eigenvalue weighted by molar-refractivity contribution is 9.10. The maximum absolute atomic E-state index is 13.5. The van der Waals surface area contributed by atoms with Gasteiger partial charge in [0.2, 0.25) is 21.8 Å². The van der Waals surface area contributed by atoms with Crippen LogP contribution < -0.4 is 9.62 Å². The van der Waals surface area contributed by atoms with Gasteiger partial charge < -0.3 is 10.2 Å². The standard InChI is InChI=1S/C24H32BrN3O4S/c1-6-18(3)26-24(30)19(4)27(15-20-11-9-10-17(2)14-20)23(29)16-28(33(5,31)32)22-13-8-7-12-21(22)25/h7-14,18-19H,6,15-16H2,1-5H3,(H,26,30)/t18-,19+/m0/s1. The zero-order chi connectivity index (χ0) is 24.8. The molecule has 0 aliphatic heterocycles. The third-order valence-corrected chi connectivity index (χ3v) is 7.20. The summed E-state index contributed by atoms with van der Waals surface area (Å²) in [5.41, 5.74) is 2.25. The number of carbonyl (C=O) groups is 2. The number of para-hydroxylation sites is 1. The van der Waals surface area contributed by atoms with Gasteiger partial charge in [-0.15, -0.1) is 0 Å². The first-order valence-electron chi connectivity index (χ1n) is 10.8. The van der Waals surface area contributed by atoms with Crippen LogP contribution in [0.25, 0.3) is 0 Å². The highest BCUT2D eigenvalue weighted by Crippen LogP contribution is 2.28. The van der Waals surface area contributed by atoms with Crippen molar-refractivity contribution in [3.05, 3.63) is 64.1 Å². The first-order chi connectivity index (χ1) is 15.4. The van der Waals surface area contributed by atoms with Gasteiger partial charge in [-0.05, 0) is 60.8 Å². The van der Waals surface area contributed by atoms with Crippen LogP contribution in [0.2, 0.25) is 0 Å². The van der Waals surface area contributed by atoms with Gasteiger partial charge in [0, 0.05) is 17.1 Å². The number of hydrogen-bond donors (Lipinski definition) is 1. The van der Waals surface area contributed by atoms with E-state index < -0.39 is 28.5 Å². The molecule has 0 spiro atoms. The fourth-order valence-corrected chi connectivity index (χ4v) is 4.78. The Morgan fingerprint density at radius 2 is 1.76 bits per heavy atom. The van der Waals surface area contributed by atoms with Crippen molar-refractivity contribution in [2.75, 3.05) is 17.1 Å². The summed E-state index contributed by atoms with van der Waals surface area (Å²) in [7, 11) is -3.76. The zero-order valence-corrected chi connectivity index (χ0v) is 22.1. The highest BCUT2D eigenvalue weighted by Gasteiger charge is 2.31. The molecule has 0 saturated heterocycles. The second-order valence-corrected chi connectivity index (χ2v) is 11.0. The summed E-state index contributed by atoms with van der Waals surface area (Å²) in [4.78, 5) is 27.8. The van der Waals surface area contributed by atoms with Gasteiger partial charge in [-0.2, -0.15) is 0 Å². The number of hydrogen-bond acceptors (Lipinski definition) is 4. The van der Waals surface area contributed by atoms with Crippen molar-refractivity contribution in [1.29, 1.82) is 0 Å². The molecule has 2 aromatic carbocycles. The summed E-state index contributed by atoms with van der Waals surface area (Å²) in [5, 5.41) is 2.91. The Balaban J connectivity index is 2.40. The SMILES string of the molecule is CC[C@H](C)NC(=O)[C@@H](C)N(Cc1cccc(C)c1)C(=O)CN(c1ccccc1Br)S(C)(=O)=O. The first kappa shape index (κ1) is 26.9. The monoisotopic (exact) mass is 537 g/mol. The van der Waals surface area contributed by atoms with Crippen LogP contribution >= 0.6 is 15.9 Å². The number of amides is 2. The number of carbonyl (C=O) groups excluding carboxylic acids is 2. The van der Waals surface area contributed by atoms with Crippen LogP contribution in [0.4, 0.5) is 5.69 Å². The quantitative estimate of drug-likeness (QED) is 0.498. The Hall–Kier alpha value is -2.39. The molecule has 2 rings (SSSR count). The van der Waals surface area contributed by atoms with Crippen molar-refractivity contribution < 1.29 is 18.0 Å². The molecule has 180 valence electrons. The number of aryl methyl sites for hydroxylation is 1. The van der Waals surface area contributed by atoms with E-state index in [-0.39, 0.29) is 18.5 Å². The molecule has 0 aromatic heterocycles. The van der Waals surface area contributed by atoms with Crippen LogP contribution in [0.1, 0.15) is 38.3 Å². The van der Waals surface area contributed by atoms with Gasteiger partial charge in [0.15, 0.2) is 0 Å². The molecule has 0 fully saturated rings. The van der Waals surface area contributed by atoms with E-state index in [1.165, 1.54) is 4.90 Å². The smallest absolute Gasteiger partial charge is 0.244 e. The maximum atomic E-state index is 13.5. The Morgan fingerprint density at radius 1 is 1.09 bits per heavy atom. The van der Waals surface area contributed by atoms with Gasteiger partial charge in [-0.1, -0.05) is 48.9 Å². The average molecular weight is 539 g/mol. The molecule has 0 bridgehead atoms. The molecule has 0 radical (unpaired) electrons. The van der Waals surface area contributed by atoms with Crippen molar-refractivity contribution in [2.24, 2.45) is 0 Å². The van der Waals surface area contributed by atoms with Crippen LogP contribution in [0.5, 0.6) is 0 Å². The minimum Gasteiger partial charge on any atom is -0.352 e. The fourth-order valence-electron chi connectivity index (χ4n) is 3.30. The third kappa shape index (κ3) is 7.57. The normalized spacial score (nSPS) is 13.2. The number of anilines is 1. The van der Waals surface area contributed by atoms with E-state index in [2.05, 4.69) is 21.2 Å². The van der Waals surface area contributed by atoms with Crippen molar-refractivity contribution in [3.8, 4) is 0 Å². The molecule has 33 heavy (non-hydrogen) atoms. The van der Waals surface area contributed by atoms with E-state index in [1.54, 1.807) is 31.2 Å². The minimum absolute atomic E-state index is 0.0383. The van der Waals surface area contributed by atoms with E-state index in [1.807, 2.05) is 45.0 Å². The van der Waals surface area contributed by atoms with Crippen molar-refractivity contribution in [2.45, 2.75) is 52.7 Å². The Labute approximate surface area is 205 Å². The van der Waals surface area contributed by atoms with E-state index in [0.717, 1.165) is 28.1 Å². The number of nitrogens with one attached hydrogen (secondary N) is 1. The van der Waals surface area contributed by atoms with Crippen LogP contribution in [-0.2, 0) is 26.2 Å². The third-order valence-electron chi connectivity index (χ3n) is 5.40. The maximum Gasteiger partial charge on any atom is 0.244 e. The van der Waals surface area contributed by atoms with E-state index in [0.29, 0.717) is 10.2 Å². The Morgan fingerprint density at radius 3 is 2.33 bits per heavy atom. The largest absolute Gasteiger partial charge is 0.352 e. The van der Waals surface area contributed by atoms with Gasteiger partial charge >= 0.3 is 0 Å². The number of rotatable bonds is 10.